The van der Waals surface area contributed by atoms with Crippen LogP contribution in [-0.2, 0) is 12.4 Å². The number of fused-ring (bicyclic) bond motifs is 1. The zero-order valence-electron chi connectivity index (χ0n) is 10.8. The summed E-state index contributed by atoms with van der Waals surface area (Å²) in [5.41, 5.74) is 1.91. The van der Waals surface area contributed by atoms with Gasteiger partial charge in [0.1, 0.15) is 17.1 Å². The number of hydrogen-bond donors (Lipinski definition) is 0. The van der Waals surface area contributed by atoms with Crippen LogP contribution < -0.4 is 4.74 Å². The highest BCUT2D eigenvalue weighted by molar-refractivity contribution is 9.11. The van der Waals surface area contributed by atoms with Gasteiger partial charge in [0, 0.05) is 4.88 Å². The molecule has 0 aliphatic carbocycles. The molecule has 0 saturated carbocycles. The number of rotatable bonds is 4. The molecule has 0 bridgehead atoms. The molecule has 0 saturated heterocycles. The zero-order valence-corrected chi connectivity index (χ0v) is 13.9. The van der Waals surface area contributed by atoms with E-state index < -0.39 is 0 Å². The Morgan fingerprint density at radius 3 is 2.85 bits per heavy atom. The first-order valence-electron chi connectivity index (χ1n) is 6.05. The van der Waals surface area contributed by atoms with E-state index in [4.69, 9.17) is 16.3 Å². The predicted molar refractivity (Wildman–Crippen MR) is 87.0 cm³/mol. The number of nitrogens with zero attached hydrogens (tertiary/aromatic N) is 2. The largest absolute Gasteiger partial charge is 0.494 e. The van der Waals surface area contributed by atoms with E-state index in [0.717, 1.165) is 32.9 Å². The average Bonchev–Trinajstić information content (AvgIpc) is 3.03. The number of imidazole rings is 1. The van der Waals surface area contributed by atoms with Gasteiger partial charge in [-0.1, -0.05) is 6.07 Å². The number of thiophene rings is 1. The summed E-state index contributed by atoms with van der Waals surface area (Å²) in [7, 11) is 1.66. The van der Waals surface area contributed by atoms with Gasteiger partial charge in [-0.2, -0.15) is 0 Å². The summed E-state index contributed by atoms with van der Waals surface area (Å²) < 4.78 is 8.64. The molecule has 0 radical (unpaired) electrons. The van der Waals surface area contributed by atoms with E-state index >= 15 is 0 Å². The van der Waals surface area contributed by atoms with E-state index in [1.54, 1.807) is 18.4 Å². The second-order valence-corrected chi connectivity index (χ2v) is 7.10. The molecular weight excluding hydrogens is 360 g/mol. The van der Waals surface area contributed by atoms with Gasteiger partial charge in [-0.25, -0.2) is 4.98 Å². The molecule has 2 heterocycles. The molecule has 0 unspecified atom stereocenters. The maximum atomic E-state index is 6.04. The molecule has 20 heavy (non-hydrogen) atoms. The van der Waals surface area contributed by atoms with Crippen molar-refractivity contribution >= 4 is 49.9 Å². The Morgan fingerprint density at radius 2 is 2.20 bits per heavy atom. The van der Waals surface area contributed by atoms with Gasteiger partial charge in [-0.05, 0) is 40.2 Å². The summed E-state index contributed by atoms with van der Waals surface area (Å²) >= 11 is 11.2. The molecule has 0 fully saturated rings. The van der Waals surface area contributed by atoms with Crippen LogP contribution in [0.15, 0.2) is 34.1 Å². The van der Waals surface area contributed by atoms with Crippen molar-refractivity contribution in [3.8, 4) is 5.75 Å². The van der Waals surface area contributed by atoms with Gasteiger partial charge in [0.05, 0.1) is 28.8 Å². The lowest BCUT2D eigenvalue weighted by atomic mass is 10.3. The first-order chi connectivity index (χ1) is 9.72. The number of alkyl halides is 1. The van der Waals surface area contributed by atoms with Crippen molar-refractivity contribution in [2.75, 3.05) is 7.11 Å². The Hall–Kier alpha value is -1.04. The number of ether oxygens (including phenoxy) is 1. The molecule has 0 amide bonds. The summed E-state index contributed by atoms with van der Waals surface area (Å²) in [6.45, 7) is 0.766. The number of halogens is 2. The van der Waals surface area contributed by atoms with Crippen LogP contribution in [0.1, 0.15) is 10.7 Å². The summed E-state index contributed by atoms with van der Waals surface area (Å²) in [5.74, 6) is 2.01. The van der Waals surface area contributed by atoms with Gasteiger partial charge in [0.25, 0.3) is 0 Å². The molecule has 3 nitrogen and oxygen atoms in total. The van der Waals surface area contributed by atoms with Crippen LogP contribution in [0.2, 0.25) is 0 Å². The summed E-state index contributed by atoms with van der Waals surface area (Å²) in [6.07, 6.45) is 0. The Bertz CT molecular complexity index is 753. The van der Waals surface area contributed by atoms with Gasteiger partial charge in [-0.15, -0.1) is 22.9 Å². The monoisotopic (exact) mass is 370 g/mol. The number of para-hydroxylation sites is 1. The fourth-order valence-corrected chi connectivity index (χ4v) is 3.88. The summed E-state index contributed by atoms with van der Waals surface area (Å²) in [6, 6.07) is 10.1. The SMILES string of the molecule is COc1cccc2c1nc(CCl)n2Cc1ccc(Br)s1. The topological polar surface area (TPSA) is 27.1 Å². The highest BCUT2D eigenvalue weighted by atomic mass is 79.9. The molecule has 0 spiro atoms. The molecule has 0 aliphatic rings. The van der Waals surface area contributed by atoms with E-state index in [2.05, 4.69) is 37.6 Å². The maximum Gasteiger partial charge on any atom is 0.146 e. The van der Waals surface area contributed by atoms with Crippen molar-refractivity contribution in [2.24, 2.45) is 0 Å². The van der Waals surface area contributed by atoms with Gasteiger partial charge in [0.15, 0.2) is 0 Å². The van der Waals surface area contributed by atoms with E-state index in [1.807, 2.05) is 18.2 Å². The van der Waals surface area contributed by atoms with E-state index in [-0.39, 0.29) is 0 Å². The van der Waals surface area contributed by atoms with Gasteiger partial charge < -0.3 is 9.30 Å². The second kappa shape index (κ2) is 5.76. The Morgan fingerprint density at radius 1 is 1.35 bits per heavy atom. The first kappa shape index (κ1) is 13.9. The van der Waals surface area contributed by atoms with Crippen LogP contribution in [0.5, 0.6) is 5.75 Å². The molecule has 2 aromatic heterocycles. The van der Waals surface area contributed by atoms with E-state index in [9.17, 15) is 0 Å². The Labute approximate surface area is 134 Å². The standard InChI is InChI=1S/C14H12BrClN2OS/c1-19-11-4-2-3-10-14(11)17-13(7-16)18(10)8-9-5-6-12(15)20-9/h2-6H,7-8H2,1H3. The lowest BCUT2D eigenvalue weighted by molar-refractivity contribution is 0.419. The summed E-state index contributed by atoms with van der Waals surface area (Å²) in [4.78, 5) is 5.86. The molecule has 0 N–H and O–H groups in total. The first-order valence-corrected chi connectivity index (χ1v) is 8.19. The van der Waals surface area contributed by atoms with Crippen LogP contribution in [0.3, 0.4) is 0 Å². The van der Waals surface area contributed by atoms with Crippen LogP contribution in [0.25, 0.3) is 11.0 Å². The van der Waals surface area contributed by atoms with Crippen LogP contribution in [0, 0.1) is 0 Å². The molecule has 0 aliphatic heterocycles. The molecule has 1 aromatic carbocycles. The molecule has 6 heteroatoms. The average molecular weight is 372 g/mol. The van der Waals surface area contributed by atoms with Crippen molar-refractivity contribution in [3.05, 3.63) is 44.8 Å². The summed E-state index contributed by atoms with van der Waals surface area (Å²) in [5, 5.41) is 0. The number of benzene rings is 1. The van der Waals surface area contributed by atoms with Crippen LogP contribution >= 0.6 is 38.9 Å². The zero-order chi connectivity index (χ0) is 14.1. The highest BCUT2D eigenvalue weighted by Crippen LogP contribution is 2.29. The smallest absolute Gasteiger partial charge is 0.146 e. The van der Waals surface area contributed by atoms with Crippen molar-refractivity contribution in [1.82, 2.24) is 9.55 Å². The normalized spacial score (nSPS) is 11.2. The minimum atomic E-state index is 0.379. The van der Waals surface area contributed by atoms with E-state index in [1.165, 1.54) is 4.88 Å². The van der Waals surface area contributed by atoms with Gasteiger partial charge >= 0.3 is 0 Å². The van der Waals surface area contributed by atoms with Crippen molar-refractivity contribution in [1.29, 1.82) is 0 Å². The molecule has 0 atom stereocenters. The third-order valence-corrected chi connectivity index (χ3v) is 4.95. The predicted octanol–water partition coefficient (Wildman–Crippen LogP) is 4.66. The van der Waals surface area contributed by atoms with Gasteiger partial charge in [-0.3, -0.25) is 0 Å². The molecule has 104 valence electrons. The fraction of sp³-hybridized carbons (Fsp3) is 0.214. The van der Waals surface area contributed by atoms with Crippen LogP contribution in [0.4, 0.5) is 0 Å². The number of aromatic nitrogens is 2. The third-order valence-electron chi connectivity index (χ3n) is 3.10. The number of hydrogen-bond acceptors (Lipinski definition) is 3. The lowest BCUT2D eigenvalue weighted by Gasteiger charge is -2.06. The van der Waals surface area contributed by atoms with Crippen molar-refractivity contribution in [3.63, 3.8) is 0 Å². The van der Waals surface area contributed by atoms with Gasteiger partial charge in [0.2, 0.25) is 0 Å². The Balaban J connectivity index is 2.13. The van der Waals surface area contributed by atoms with Crippen LogP contribution in [-0.4, -0.2) is 16.7 Å². The lowest BCUT2D eigenvalue weighted by Crippen LogP contribution is -2.02. The molecule has 3 rings (SSSR count). The third kappa shape index (κ3) is 2.45. The quantitative estimate of drug-likeness (QED) is 0.624. The minimum Gasteiger partial charge on any atom is -0.494 e. The number of methoxy groups -OCH3 is 1. The second-order valence-electron chi connectivity index (χ2n) is 4.28. The molecular formula is C14H12BrClN2OS. The van der Waals surface area contributed by atoms with Crippen molar-refractivity contribution in [2.45, 2.75) is 12.4 Å². The van der Waals surface area contributed by atoms with Crippen molar-refractivity contribution < 1.29 is 4.74 Å². The highest BCUT2D eigenvalue weighted by Gasteiger charge is 2.14. The maximum absolute atomic E-state index is 6.04. The Kier molecular flexibility index (Phi) is 4.01. The minimum absolute atomic E-state index is 0.379. The van der Waals surface area contributed by atoms with E-state index in [0.29, 0.717) is 5.88 Å². The molecule has 3 aromatic rings. The fourth-order valence-electron chi connectivity index (χ4n) is 2.21.